The fourth-order valence-electron chi connectivity index (χ4n) is 1.37. The first-order valence-electron chi connectivity index (χ1n) is 6.71. The number of furan rings is 1. The van der Waals surface area contributed by atoms with Gasteiger partial charge in [0.15, 0.2) is 0 Å². The molecule has 1 heterocycles. The second-order valence-electron chi connectivity index (χ2n) is 6.28. The Bertz CT molecular complexity index is 350. The quantitative estimate of drug-likeness (QED) is 0.839. The molecule has 1 atom stereocenters. The van der Waals surface area contributed by atoms with Crippen molar-refractivity contribution in [3.05, 3.63) is 23.7 Å². The van der Waals surface area contributed by atoms with Gasteiger partial charge in [-0.05, 0) is 39.7 Å². The third-order valence-corrected chi connectivity index (χ3v) is 2.96. The summed E-state index contributed by atoms with van der Waals surface area (Å²) in [6.07, 6.45) is 2.06. The highest BCUT2D eigenvalue weighted by Gasteiger charge is 2.11. The van der Waals surface area contributed by atoms with Crippen LogP contribution < -0.4 is 5.32 Å². The van der Waals surface area contributed by atoms with E-state index in [-0.39, 0.29) is 11.6 Å². The van der Waals surface area contributed by atoms with E-state index in [4.69, 9.17) is 9.15 Å². The largest absolute Gasteiger partial charge is 0.467 e. The van der Waals surface area contributed by atoms with Gasteiger partial charge in [0.25, 0.3) is 0 Å². The van der Waals surface area contributed by atoms with E-state index >= 15 is 0 Å². The maximum atomic E-state index is 5.73. The molecule has 0 amide bonds. The van der Waals surface area contributed by atoms with E-state index in [0.29, 0.717) is 12.5 Å². The molecule has 18 heavy (non-hydrogen) atoms. The van der Waals surface area contributed by atoms with Crippen LogP contribution in [0.15, 0.2) is 16.7 Å². The molecule has 0 bridgehead atoms. The van der Waals surface area contributed by atoms with Gasteiger partial charge in [-0.15, -0.1) is 0 Å². The van der Waals surface area contributed by atoms with Crippen molar-refractivity contribution < 1.29 is 9.15 Å². The van der Waals surface area contributed by atoms with Gasteiger partial charge in [-0.2, -0.15) is 0 Å². The summed E-state index contributed by atoms with van der Waals surface area (Å²) in [6.45, 7) is 14.2. The molecule has 0 aliphatic heterocycles. The van der Waals surface area contributed by atoms with Crippen molar-refractivity contribution in [3.8, 4) is 0 Å². The molecule has 1 aromatic rings. The van der Waals surface area contributed by atoms with Crippen molar-refractivity contribution in [2.75, 3.05) is 0 Å². The summed E-state index contributed by atoms with van der Waals surface area (Å²) < 4.78 is 11.2. The van der Waals surface area contributed by atoms with Crippen molar-refractivity contribution in [2.24, 2.45) is 5.92 Å². The smallest absolute Gasteiger partial charge is 0.129 e. The van der Waals surface area contributed by atoms with Gasteiger partial charge >= 0.3 is 0 Å². The third-order valence-electron chi connectivity index (χ3n) is 2.96. The molecule has 1 N–H and O–H groups in total. The van der Waals surface area contributed by atoms with Crippen LogP contribution in [0.1, 0.15) is 52.9 Å². The Morgan fingerprint density at radius 2 is 1.94 bits per heavy atom. The van der Waals surface area contributed by atoms with Crippen LogP contribution in [0.25, 0.3) is 0 Å². The van der Waals surface area contributed by atoms with Gasteiger partial charge in [-0.3, -0.25) is 0 Å². The van der Waals surface area contributed by atoms with E-state index in [1.165, 1.54) is 5.56 Å². The monoisotopic (exact) mass is 253 g/mol. The Morgan fingerprint density at radius 3 is 2.50 bits per heavy atom. The number of rotatable bonds is 6. The fourth-order valence-corrected chi connectivity index (χ4v) is 1.37. The number of hydrogen-bond donors (Lipinski definition) is 1. The van der Waals surface area contributed by atoms with Crippen molar-refractivity contribution >= 4 is 0 Å². The zero-order chi connectivity index (χ0) is 13.8. The first-order chi connectivity index (χ1) is 8.28. The molecule has 3 heteroatoms. The second-order valence-corrected chi connectivity index (χ2v) is 6.28. The normalized spacial score (nSPS) is 14.2. The summed E-state index contributed by atoms with van der Waals surface area (Å²) in [5, 5.41) is 3.43. The molecule has 0 radical (unpaired) electrons. The zero-order valence-corrected chi connectivity index (χ0v) is 12.5. The first kappa shape index (κ1) is 15.3. The number of ether oxygens (including phenoxy) is 1. The van der Waals surface area contributed by atoms with Gasteiger partial charge in [0, 0.05) is 17.6 Å². The Kier molecular flexibility index (Phi) is 5.42. The van der Waals surface area contributed by atoms with Gasteiger partial charge in [0.1, 0.15) is 12.4 Å². The molecular formula is C15H27NO2. The van der Waals surface area contributed by atoms with E-state index < -0.39 is 0 Å². The SMILES string of the molecule is CC(C)C(C)OCc1cc(CNC(C)(C)C)co1. The van der Waals surface area contributed by atoms with Gasteiger partial charge in [0.05, 0.1) is 12.4 Å². The molecule has 0 aromatic carbocycles. The lowest BCUT2D eigenvalue weighted by Crippen LogP contribution is -2.34. The van der Waals surface area contributed by atoms with Gasteiger partial charge in [-0.25, -0.2) is 0 Å². The fraction of sp³-hybridized carbons (Fsp3) is 0.733. The molecule has 0 spiro atoms. The Morgan fingerprint density at radius 1 is 1.28 bits per heavy atom. The Balaban J connectivity index is 2.39. The predicted molar refractivity (Wildman–Crippen MR) is 74.4 cm³/mol. The molecule has 0 aliphatic carbocycles. The van der Waals surface area contributed by atoms with Crippen molar-refractivity contribution in [1.82, 2.24) is 5.32 Å². The lowest BCUT2D eigenvalue weighted by atomic mass is 10.1. The topological polar surface area (TPSA) is 34.4 Å². The maximum Gasteiger partial charge on any atom is 0.129 e. The van der Waals surface area contributed by atoms with Crippen LogP contribution in [-0.2, 0) is 17.9 Å². The van der Waals surface area contributed by atoms with Crippen LogP contribution in [0.3, 0.4) is 0 Å². The average Bonchev–Trinajstić information content (AvgIpc) is 2.70. The molecule has 0 saturated heterocycles. The van der Waals surface area contributed by atoms with E-state index in [1.807, 2.05) is 0 Å². The van der Waals surface area contributed by atoms with Gasteiger partial charge in [-0.1, -0.05) is 13.8 Å². The minimum absolute atomic E-state index is 0.125. The zero-order valence-electron chi connectivity index (χ0n) is 12.5. The molecule has 1 aromatic heterocycles. The summed E-state index contributed by atoms with van der Waals surface area (Å²) in [6, 6.07) is 2.06. The minimum Gasteiger partial charge on any atom is -0.467 e. The highest BCUT2D eigenvalue weighted by atomic mass is 16.5. The van der Waals surface area contributed by atoms with Crippen LogP contribution >= 0.6 is 0 Å². The molecule has 1 unspecified atom stereocenters. The van der Waals surface area contributed by atoms with Crippen molar-refractivity contribution in [3.63, 3.8) is 0 Å². The van der Waals surface area contributed by atoms with Crippen LogP contribution in [0.4, 0.5) is 0 Å². The maximum absolute atomic E-state index is 5.73. The summed E-state index contributed by atoms with van der Waals surface area (Å²) in [5.41, 5.74) is 1.29. The molecule has 1 rings (SSSR count). The van der Waals surface area contributed by atoms with Crippen LogP contribution in [0.5, 0.6) is 0 Å². The highest BCUT2D eigenvalue weighted by Crippen LogP contribution is 2.13. The summed E-state index contributed by atoms with van der Waals surface area (Å²) in [5.74, 6) is 1.43. The molecular weight excluding hydrogens is 226 g/mol. The second kappa shape index (κ2) is 6.39. The predicted octanol–water partition coefficient (Wildman–Crippen LogP) is 3.73. The van der Waals surface area contributed by atoms with Crippen LogP contribution in [0.2, 0.25) is 0 Å². The number of nitrogens with one attached hydrogen (secondary N) is 1. The van der Waals surface area contributed by atoms with Crippen LogP contribution in [0, 0.1) is 5.92 Å². The summed E-state index contributed by atoms with van der Waals surface area (Å²) >= 11 is 0. The molecule has 3 nitrogen and oxygen atoms in total. The van der Waals surface area contributed by atoms with Gasteiger partial charge < -0.3 is 14.5 Å². The minimum atomic E-state index is 0.125. The molecule has 0 saturated carbocycles. The Labute approximate surface area is 111 Å². The summed E-state index contributed by atoms with van der Waals surface area (Å²) in [7, 11) is 0. The van der Waals surface area contributed by atoms with E-state index in [9.17, 15) is 0 Å². The third kappa shape index (κ3) is 5.69. The van der Waals surface area contributed by atoms with Crippen molar-refractivity contribution in [1.29, 1.82) is 0 Å². The summed E-state index contributed by atoms with van der Waals surface area (Å²) in [4.78, 5) is 0. The standard InChI is InChI=1S/C15H27NO2/c1-11(2)12(3)17-10-14-7-13(9-18-14)8-16-15(4,5)6/h7,9,11-12,16H,8,10H2,1-6H3. The average molecular weight is 253 g/mol. The van der Waals surface area contributed by atoms with Crippen molar-refractivity contribution in [2.45, 2.75) is 66.3 Å². The molecule has 104 valence electrons. The highest BCUT2D eigenvalue weighted by molar-refractivity contribution is 5.12. The lowest BCUT2D eigenvalue weighted by molar-refractivity contribution is 0.0149. The van der Waals surface area contributed by atoms with Crippen LogP contribution in [-0.4, -0.2) is 11.6 Å². The van der Waals surface area contributed by atoms with E-state index in [0.717, 1.165) is 12.3 Å². The molecule has 0 fully saturated rings. The molecule has 0 aliphatic rings. The van der Waals surface area contributed by atoms with E-state index in [1.54, 1.807) is 6.26 Å². The lowest BCUT2D eigenvalue weighted by Gasteiger charge is -2.19. The Hall–Kier alpha value is -0.800. The van der Waals surface area contributed by atoms with E-state index in [2.05, 4.69) is 52.9 Å². The number of hydrogen-bond acceptors (Lipinski definition) is 3. The van der Waals surface area contributed by atoms with Gasteiger partial charge in [0.2, 0.25) is 0 Å². The first-order valence-corrected chi connectivity index (χ1v) is 6.71.